The fraction of sp³-hybridized carbons (Fsp3) is 0.636. The van der Waals surface area contributed by atoms with Crippen LogP contribution in [0.4, 0.5) is 5.69 Å². The summed E-state index contributed by atoms with van der Waals surface area (Å²) in [7, 11) is 0. The smallest absolute Gasteiger partial charge is 0.270 e. The highest BCUT2D eigenvalue weighted by Gasteiger charge is 2.43. The minimum atomic E-state index is -0.915. The van der Waals surface area contributed by atoms with E-state index < -0.39 is 5.60 Å². The largest absolute Gasteiger partial charge is 0.476 e. The van der Waals surface area contributed by atoms with Crippen molar-refractivity contribution >= 4 is 17.5 Å². The summed E-state index contributed by atoms with van der Waals surface area (Å²) in [5.41, 5.74) is -0.169. The zero-order valence-corrected chi connectivity index (χ0v) is 16.5. The Labute approximate surface area is 161 Å². The van der Waals surface area contributed by atoms with Gasteiger partial charge in [-0.05, 0) is 69.9 Å². The molecular formula is C22H30N2O3. The Balaban J connectivity index is 1.37. The van der Waals surface area contributed by atoms with Gasteiger partial charge in [0.1, 0.15) is 5.75 Å². The zero-order chi connectivity index (χ0) is 19.2. The van der Waals surface area contributed by atoms with Crippen molar-refractivity contribution < 1.29 is 14.3 Å². The average molecular weight is 370 g/mol. The van der Waals surface area contributed by atoms with Crippen LogP contribution >= 0.6 is 0 Å². The number of hydrogen-bond acceptors (Lipinski definition) is 3. The third kappa shape index (κ3) is 3.44. The summed E-state index contributed by atoms with van der Waals surface area (Å²) in [5, 5.41) is 3.20. The van der Waals surface area contributed by atoms with E-state index >= 15 is 0 Å². The molecule has 1 aromatic carbocycles. The Morgan fingerprint density at radius 2 is 2.07 bits per heavy atom. The molecule has 0 spiro atoms. The van der Waals surface area contributed by atoms with E-state index in [1.807, 2.05) is 24.3 Å². The number of nitrogens with zero attached hydrogens (tertiary/aromatic N) is 1. The second-order valence-corrected chi connectivity index (χ2v) is 8.98. The number of benzene rings is 1. The summed E-state index contributed by atoms with van der Waals surface area (Å²) in [4.78, 5) is 27.1. The predicted molar refractivity (Wildman–Crippen MR) is 105 cm³/mol. The molecule has 146 valence electrons. The van der Waals surface area contributed by atoms with Gasteiger partial charge in [-0.1, -0.05) is 18.6 Å². The van der Waals surface area contributed by atoms with Gasteiger partial charge in [-0.2, -0.15) is 0 Å². The lowest BCUT2D eigenvalue weighted by Gasteiger charge is -2.38. The third-order valence-corrected chi connectivity index (χ3v) is 6.67. The van der Waals surface area contributed by atoms with Crippen molar-refractivity contribution in [1.82, 2.24) is 5.32 Å². The van der Waals surface area contributed by atoms with Crippen LogP contribution in [-0.2, 0) is 9.59 Å². The minimum Gasteiger partial charge on any atom is -0.476 e. The zero-order valence-electron chi connectivity index (χ0n) is 16.5. The Kier molecular flexibility index (Phi) is 4.65. The van der Waals surface area contributed by atoms with E-state index in [9.17, 15) is 9.59 Å². The highest BCUT2D eigenvalue weighted by atomic mass is 16.5. The van der Waals surface area contributed by atoms with Gasteiger partial charge >= 0.3 is 0 Å². The number of carbonyl (C=O) groups is 2. The summed E-state index contributed by atoms with van der Waals surface area (Å²) >= 11 is 0. The molecular weight excluding hydrogens is 340 g/mol. The van der Waals surface area contributed by atoms with Crippen LogP contribution in [0, 0.1) is 17.8 Å². The van der Waals surface area contributed by atoms with E-state index in [2.05, 4.69) is 12.2 Å². The Morgan fingerprint density at radius 3 is 2.78 bits per heavy atom. The van der Waals surface area contributed by atoms with Crippen molar-refractivity contribution in [1.29, 1.82) is 0 Å². The summed E-state index contributed by atoms with van der Waals surface area (Å²) in [5.74, 6) is 2.91. The first-order valence-electron chi connectivity index (χ1n) is 10.2. The maximum Gasteiger partial charge on any atom is 0.270 e. The van der Waals surface area contributed by atoms with Crippen molar-refractivity contribution in [3.8, 4) is 5.75 Å². The highest BCUT2D eigenvalue weighted by molar-refractivity contribution is 6.02. The molecule has 4 atom stereocenters. The van der Waals surface area contributed by atoms with E-state index in [-0.39, 0.29) is 17.9 Å². The number of para-hydroxylation sites is 2. The van der Waals surface area contributed by atoms with Gasteiger partial charge in [0.15, 0.2) is 5.60 Å². The highest BCUT2D eigenvalue weighted by Crippen LogP contribution is 2.49. The van der Waals surface area contributed by atoms with Gasteiger partial charge in [-0.25, -0.2) is 0 Å². The van der Waals surface area contributed by atoms with Gasteiger partial charge in [0.05, 0.1) is 5.69 Å². The second kappa shape index (κ2) is 6.84. The number of ether oxygens (including phenoxy) is 1. The molecule has 4 rings (SSSR count). The lowest BCUT2D eigenvalue weighted by Crippen LogP contribution is -2.53. The van der Waals surface area contributed by atoms with Gasteiger partial charge in [-0.3, -0.25) is 9.59 Å². The molecule has 1 aliphatic heterocycles. The maximum atomic E-state index is 12.8. The number of rotatable bonds is 5. The average Bonchev–Trinajstić information content (AvgIpc) is 3.25. The van der Waals surface area contributed by atoms with Crippen molar-refractivity contribution in [3.05, 3.63) is 24.3 Å². The van der Waals surface area contributed by atoms with E-state index in [0.717, 1.165) is 17.5 Å². The molecule has 0 aromatic heterocycles. The topological polar surface area (TPSA) is 58.6 Å². The molecule has 1 aromatic rings. The fourth-order valence-corrected chi connectivity index (χ4v) is 5.29. The first-order valence-corrected chi connectivity index (χ1v) is 10.2. The van der Waals surface area contributed by atoms with Crippen LogP contribution in [0.15, 0.2) is 24.3 Å². The first kappa shape index (κ1) is 18.3. The summed E-state index contributed by atoms with van der Waals surface area (Å²) in [6, 6.07) is 7.74. The number of amides is 2. The number of carbonyl (C=O) groups excluding carboxylic acids is 2. The predicted octanol–water partition coefficient (Wildman–Crippen LogP) is 3.52. The first-order chi connectivity index (χ1) is 12.8. The van der Waals surface area contributed by atoms with Crippen LogP contribution in [0.2, 0.25) is 0 Å². The van der Waals surface area contributed by atoms with E-state index in [1.54, 1.807) is 18.7 Å². The molecule has 2 saturated carbocycles. The molecule has 2 amide bonds. The molecule has 5 nitrogen and oxygen atoms in total. The molecule has 1 N–H and O–H groups in total. The molecule has 2 aliphatic carbocycles. The molecule has 27 heavy (non-hydrogen) atoms. The van der Waals surface area contributed by atoms with Crippen LogP contribution in [0.3, 0.4) is 0 Å². The number of fused-ring (bicyclic) bond motifs is 3. The minimum absolute atomic E-state index is 0.0276. The molecule has 4 unspecified atom stereocenters. The molecule has 2 fully saturated rings. The molecule has 5 heteroatoms. The summed E-state index contributed by atoms with van der Waals surface area (Å²) in [6.07, 6.45) is 5.61. The maximum absolute atomic E-state index is 12.8. The van der Waals surface area contributed by atoms with Crippen molar-refractivity contribution in [2.75, 3.05) is 11.4 Å². The Hall–Kier alpha value is -2.04. The number of anilines is 1. The second-order valence-electron chi connectivity index (χ2n) is 8.98. The summed E-state index contributed by atoms with van der Waals surface area (Å²) in [6.45, 7) is 6.06. The summed E-state index contributed by atoms with van der Waals surface area (Å²) < 4.78 is 5.84. The SMILES string of the molecule is CC(NC(=O)CCN1C(=O)C(C)(C)Oc2ccccc21)C1CC2CCC1C2. The molecule has 2 bridgehead atoms. The number of nitrogens with one attached hydrogen (secondary N) is 1. The molecule has 0 saturated heterocycles. The van der Waals surface area contributed by atoms with Crippen molar-refractivity contribution in [3.63, 3.8) is 0 Å². The molecule has 0 radical (unpaired) electrons. The number of hydrogen-bond donors (Lipinski definition) is 1. The van der Waals surface area contributed by atoms with Gasteiger partial charge in [0.25, 0.3) is 5.91 Å². The standard InChI is InChI=1S/C22H30N2O3/c1-14(17-13-15-8-9-16(17)12-15)23-20(25)10-11-24-18-6-4-5-7-19(18)27-22(2,3)21(24)26/h4-7,14-17H,8-13H2,1-3H3,(H,23,25). The third-order valence-electron chi connectivity index (χ3n) is 6.67. The Morgan fingerprint density at radius 1 is 1.30 bits per heavy atom. The lowest BCUT2D eigenvalue weighted by molar-refractivity contribution is -0.132. The van der Waals surface area contributed by atoms with Crippen LogP contribution in [0.5, 0.6) is 5.75 Å². The van der Waals surface area contributed by atoms with E-state index in [0.29, 0.717) is 24.6 Å². The quantitative estimate of drug-likeness (QED) is 0.863. The van der Waals surface area contributed by atoms with Gasteiger partial charge < -0.3 is 15.0 Å². The van der Waals surface area contributed by atoms with Crippen LogP contribution in [0.1, 0.15) is 52.9 Å². The lowest BCUT2D eigenvalue weighted by atomic mass is 9.84. The normalized spacial score (nSPS) is 29.2. The Bertz CT molecular complexity index is 745. The molecule has 1 heterocycles. The van der Waals surface area contributed by atoms with E-state index in [4.69, 9.17) is 4.74 Å². The van der Waals surface area contributed by atoms with Crippen molar-refractivity contribution in [2.24, 2.45) is 17.8 Å². The van der Waals surface area contributed by atoms with Gasteiger partial charge in [-0.15, -0.1) is 0 Å². The molecule has 3 aliphatic rings. The van der Waals surface area contributed by atoms with Crippen LogP contribution in [0.25, 0.3) is 0 Å². The van der Waals surface area contributed by atoms with Crippen LogP contribution < -0.4 is 15.0 Å². The van der Waals surface area contributed by atoms with Gasteiger partial charge in [0.2, 0.25) is 5.91 Å². The fourth-order valence-electron chi connectivity index (χ4n) is 5.29. The van der Waals surface area contributed by atoms with Crippen LogP contribution in [-0.4, -0.2) is 30.0 Å². The van der Waals surface area contributed by atoms with Crippen molar-refractivity contribution in [2.45, 2.75) is 64.5 Å². The van der Waals surface area contributed by atoms with Gasteiger partial charge in [0, 0.05) is 19.0 Å². The van der Waals surface area contributed by atoms with E-state index in [1.165, 1.54) is 25.7 Å². The monoisotopic (exact) mass is 370 g/mol.